The van der Waals surface area contributed by atoms with Crippen LogP contribution in [0.3, 0.4) is 0 Å². The van der Waals surface area contributed by atoms with E-state index in [0.717, 1.165) is 24.6 Å². The molecule has 0 bridgehead atoms. The average Bonchev–Trinajstić information content (AvgIpc) is 2.38. The molecule has 0 amide bonds. The van der Waals surface area contributed by atoms with Gasteiger partial charge in [0.05, 0.1) is 11.3 Å². The molecule has 1 unspecified atom stereocenters. The van der Waals surface area contributed by atoms with Gasteiger partial charge in [-0.2, -0.15) is 13.2 Å². The maximum absolute atomic E-state index is 12.9. The summed E-state index contributed by atoms with van der Waals surface area (Å²) in [5, 5.41) is 0. The second-order valence-electron chi connectivity index (χ2n) is 5.01. The van der Waals surface area contributed by atoms with Crippen LogP contribution in [0.15, 0.2) is 48.7 Å². The lowest BCUT2D eigenvalue weighted by molar-refractivity contribution is -0.137. The normalized spacial score (nSPS) is 17.6. The highest BCUT2D eigenvalue weighted by Crippen LogP contribution is 2.48. The van der Waals surface area contributed by atoms with Gasteiger partial charge in [0.25, 0.3) is 0 Å². The molecule has 0 spiro atoms. The average molecular weight is 276 g/mol. The van der Waals surface area contributed by atoms with E-state index in [4.69, 9.17) is 0 Å². The molecule has 1 atom stereocenters. The number of benzene rings is 1. The fourth-order valence-corrected chi connectivity index (χ4v) is 2.68. The standard InChI is InChI=1S/C16H13F3N/c17-16(18,19)13-6-3-5-12(11-13)15(8-4-9-15)14-7-1-2-10-20-14/h1-3,5-8,10-11H,4,9H2. The van der Waals surface area contributed by atoms with Crippen molar-refractivity contribution in [1.29, 1.82) is 0 Å². The van der Waals surface area contributed by atoms with Crippen molar-refractivity contribution in [1.82, 2.24) is 4.98 Å². The summed E-state index contributed by atoms with van der Waals surface area (Å²) in [6.07, 6.45) is 1.10. The zero-order valence-corrected chi connectivity index (χ0v) is 10.7. The molecule has 0 N–H and O–H groups in total. The number of halogens is 3. The van der Waals surface area contributed by atoms with Gasteiger partial charge in [0, 0.05) is 11.6 Å². The molecule has 1 aliphatic carbocycles. The van der Waals surface area contributed by atoms with Crippen LogP contribution in [0, 0.1) is 6.42 Å². The Balaban J connectivity index is 2.07. The molecule has 4 heteroatoms. The summed E-state index contributed by atoms with van der Waals surface area (Å²) in [6.45, 7) is 0. The Bertz CT molecular complexity index is 601. The van der Waals surface area contributed by atoms with Crippen molar-refractivity contribution in [3.63, 3.8) is 0 Å². The van der Waals surface area contributed by atoms with Crippen LogP contribution < -0.4 is 0 Å². The molecule has 3 rings (SSSR count). The molecule has 0 aliphatic heterocycles. The van der Waals surface area contributed by atoms with E-state index in [2.05, 4.69) is 4.98 Å². The van der Waals surface area contributed by atoms with E-state index in [9.17, 15) is 13.2 Å². The van der Waals surface area contributed by atoms with Crippen molar-refractivity contribution < 1.29 is 13.2 Å². The van der Waals surface area contributed by atoms with Crippen LogP contribution in [0.4, 0.5) is 13.2 Å². The summed E-state index contributed by atoms with van der Waals surface area (Å²) in [6, 6.07) is 11.1. The molecule has 1 heterocycles. The first-order valence-corrected chi connectivity index (χ1v) is 6.46. The van der Waals surface area contributed by atoms with Gasteiger partial charge in [-0.3, -0.25) is 4.98 Å². The van der Waals surface area contributed by atoms with Crippen molar-refractivity contribution >= 4 is 0 Å². The van der Waals surface area contributed by atoms with E-state index in [1.807, 2.05) is 24.6 Å². The molecule has 1 fully saturated rings. The second-order valence-corrected chi connectivity index (χ2v) is 5.01. The van der Waals surface area contributed by atoms with Gasteiger partial charge >= 0.3 is 6.18 Å². The first kappa shape index (κ1) is 13.2. The van der Waals surface area contributed by atoms with Crippen LogP contribution in [0.25, 0.3) is 0 Å². The number of pyridine rings is 1. The summed E-state index contributed by atoms with van der Waals surface area (Å²) in [5.74, 6) is 0. The van der Waals surface area contributed by atoms with Gasteiger partial charge in [-0.25, -0.2) is 0 Å². The third kappa shape index (κ3) is 2.09. The summed E-state index contributed by atoms with van der Waals surface area (Å²) >= 11 is 0. The van der Waals surface area contributed by atoms with Gasteiger partial charge in [0.1, 0.15) is 0 Å². The molecular formula is C16H13F3N. The molecule has 0 saturated heterocycles. The molecular weight excluding hydrogens is 263 g/mol. The topological polar surface area (TPSA) is 12.9 Å². The molecule has 2 aromatic rings. The maximum atomic E-state index is 12.9. The van der Waals surface area contributed by atoms with Crippen molar-refractivity contribution in [3.8, 4) is 0 Å². The van der Waals surface area contributed by atoms with Gasteiger partial charge in [0.15, 0.2) is 0 Å². The number of hydrogen-bond donors (Lipinski definition) is 0. The van der Waals surface area contributed by atoms with Gasteiger partial charge in [-0.15, -0.1) is 0 Å². The summed E-state index contributed by atoms with van der Waals surface area (Å²) in [4.78, 5) is 4.33. The summed E-state index contributed by atoms with van der Waals surface area (Å²) < 4.78 is 38.6. The fourth-order valence-electron chi connectivity index (χ4n) is 2.68. The number of nitrogens with zero attached hydrogens (tertiary/aromatic N) is 1. The highest BCUT2D eigenvalue weighted by atomic mass is 19.4. The molecule has 20 heavy (non-hydrogen) atoms. The predicted octanol–water partition coefficient (Wildman–Crippen LogP) is 4.38. The lowest BCUT2D eigenvalue weighted by Gasteiger charge is -2.41. The number of aromatic nitrogens is 1. The van der Waals surface area contributed by atoms with E-state index in [-0.39, 0.29) is 0 Å². The third-order valence-electron chi connectivity index (χ3n) is 3.86. The van der Waals surface area contributed by atoms with Gasteiger partial charge in [-0.05, 0) is 43.0 Å². The Morgan fingerprint density at radius 3 is 2.40 bits per heavy atom. The molecule has 1 saturated carbocycles. The summed E-state index contributed by atoms with van der Waals surface area (Å²) in [5.41, 5.74) is 0.399. The van der Waals surface area contributed by atoms with Crippen LogP contribution in [-0.4, -0.2) is 4.98 Å². The quantitative estimate of drug-likeness (QED) is 0.793. The van der Waals surface area contributed by atoms with E-state index < -0.39 is 17.2 Å². The number of alkyl halides is 3. The number of rotatable bonds is 2. The molecule has 1 aliphatic rings. The van der Waals surface area contributed by atoms with Crippen LogP contribution in [0.1, 0.15) is 29.7 Å². The Hall–Kier alpha value is -1.84. The predicted molar refractivity (Wildman–Crippen MR) is 70.0 cm³/mol. The first-order valence-electron chi connectivity index (χ1n) is 6.46. The summed E-state index contributed by atoms with van der Waals surface area (Å²) in [7, 11) is 0. The highest BCUT2D eigenvalue weighted by molar-refractivity contribution is 5.45. The Morgan fingerprint density at radius 1 is 1.05 bits per heavy atom. The minimum atomic E-state index is -4.31. The van der Waals surface area contributed by atoms with Crippen molar-refractivity contribution in [2.45, 2.75) is 24.4 Å². The van der Waals surface area contributed by atoms with Gasteiger partial charge < -0.3 is 0 Å². The van der Waals surface area contributed by atoms with Gasteiger partial charge in [-0.1, -0.05) is 24.3 Å². The second kappa shape index (κ2) is 4.62. The Morgan fingerprint density at radius 2 is 1.85 bits per heavy atom. The minimum absolute atomic E-state index is 0.470. The molecule has 103 valence electrons. The zero-order valence-electron chi connectivity index (χ0n) is 10.7. The molecule has 1 aromatic carbocycles. The number of hydrogen-bond acceptors (Lipinski definition) is 1. The van der Waals surface area contributed by atoms with E-state index in [1.54, 1.807) is 12.3 Å². The Kier molecular flexibility index (Phi) is 3.04. The first-order chi connectivity index (χ1) is 9.52. The van der Waals surface area contributed by atoms with Crippen molar-refractivity contribution in [2.75, 3.05) is 0 Å². The monoisotopic (exact) mass is 276 g/mol. The van der Waals surface area contributed by atoms with E-state index in [1.165, 1.54) is 12.1 Å². The minimum Gasteiger partial charge on any atom is -0.260 e. The van der Waals surface area contributed by atoms with Crippen LogP contribution >= 0.6 is 0 Å². The Labute approximate surface area is 115 Å². The fraction of sp³-hybridized carbons (Fsp3) is 0.250. The maximum Gasteiger partial charge on any atom is 0.416 e. The zero-order chi connectivity index (χ0) is 14.2. The van der Waals surface area contributed by atoms with Gasteiger partial charge in [0.2, 0.25) is 0 Å². The van der Waals surface area contributed by atoms with Crippen LogP contribution in [0.2, 0.25) is 0 Å². The lowest BCUT2D eigenvalue weighted by atomic mass is 9.62. The highest BCUT2D eigenvalue weighted by Gasteiger charge is 2.43. The third-order valence-corrected chi connectivity index (χ3v) is 3.86. The molecule has 1 radical (unpaired) electrons. The molecule has 1 nitrogen and oxygen atoms in total. The van der Waals surface area contributed by atoms with Crippen molar-refractivity contribution in [3.05, 3.63) is 71.9 Å². The SMILES string of the molecule is FC(F)(F)c1cccc(C2(c3ccccn3)[CH]CC2)c1. The van der Waals surface area contributed by atoms with Crippen LogP contribution in [0.5, 0.6) is 0 Å². The largest absolute Gasteiger partial charge is 0.416 e. The molecule has 1 aromatic heterocycles. The lowest BCUT2D eigenvalue weighted by Crippen LogP contribution is -2.37. The van der Waals surface area contributed by atoms with E-state index in [0.29, 0.717) is 5.56 Å². The van der Waals surface area contributed by atoms with Crippen LogP contribution in [-0.2, 0) is 11.6 Å². The van der Waals surface area contributed by atoms with Crippen molar-refractivity contribution in [2.24, 2.45) is 0 Å². The van der Waals surface area contributed by atoms with E-state index >= 15 is 0 Å². The smallest absolute Gasteiger partial charge is 0.260 e.